The quantitative estimate of drug-likeness (QED) is 0.563. The van der Waals surface area contributed by atoms with Crippen LogP contribution in [0.15, 0.2) is 30.3 Å². The molecule has 156 valence electrons. The number of rotatable bonds is 5. The molecule has 0 bridgehead atoms. The molecule has 4 rings (SSSR count). The molecule has 0 radical (unpaired) electrons. The van der Waals surface area contributed by atoms with Crippen molar-refractivity contribution in [3.63, 3.8) is 0 Å². The Labute approximate surface area is 174 Å². The third kappa shape index (κ3) is 4.12. The summed E-state index contributed by atoms with van der Waals surface area (Å²) in [5.74, 6) is 0.618. The third-order valence-corrected chi connectivity index (χ3v) is 5.26. The summed E-state index contributed by atoms with van der Waals surface area (Å²) in [6.45, 7) is 3.34. The molecule has 3 N–H and O–H groups in total. The van der Waals surface area contributed by atoms with Crippen molar-refractivity contribution in [1.82, 2.24) is 25.2 Å². The van der Waals surface area contributed by atoms with Gasteiger partial charge in [-0.05, 0) is 50.1 Å². The van der Waals surface area contributed by atoms with Gasteiger partial charge in [0.2, 0.25) is 0 Å². The molecule has 3 aromatic rings. The average molecular weight is 407 g/mol. The first-order valence-electron chi connectivity index (χ1n) is 10.2. The molecule has 30 heavy (non-hydrogen) atoms. The lowest BCUT2D eigenvalue weighted by Crippen LogP contribution is -2.34. The number of aryl methyl sites for hydroxylation is 3. The Hall–Kier alpha value is -3.42. The number of aromatic nitrogens is 3. The zero-order valence-electron chi connectivity index (χ0n) is 16.9. The number of hydrogen-bond donors (Lipinski definition) is 3. The Balaban J connectivity index is 1.42. The Morgan fingerprint density at radius 3 is 2.53 bits per heavy atom. The number of phenolic OH excluding ortho intramolecular Hbond substituents is 1. The van der Waals surface area contributed by atoms with Crippen LogP contribution in [0.2, 0.25) is 0 Å². The van der Waals surface area contributed by atoms with Gasteiger partial charge in [-0.15, -0.1) is 0 Å². The van der Waals surface area contributed by atoms with Crippen molar-refractivity contribution in [3.05, 3.63) is 53.0 Å². The fourth-order valence-electron chi connectivity index (χ4n) is 3.75. The Morgan fingerprint density at radius 1 is 1.03 bits per heavy atom. The molecule has 8 heteroatoms. The maximum atomic E-state index is 12.8. The molecule has 0 aliphatic carbocycles. The van der Waals surface area contributed by atoms with Crippen LogP contribution in [0, 0.1) is 6.92 Å². The molecule has 1 aromatic carbocycles. The molecular weight excluding hydrogens is 382 g/mol. The van der Waals surface area contributed by atoms with Crippen LogP contribution in [0.1, 0.15) is 51.5 Å². The minimum Gasteiger partial charge on any atom is -0.508 e. The number of carbonyl (C=O) groups excluding carboxylic acids is 2. The maximum absolute atomic E-state index is 12.8. The van der Waals surface area contributed by atoms with Crippen LogP contribution in [0.25, 0.3) is 11.2 Å². The van der Waals surface area contributed by atoms with Gasteiger partial charge in [0.25, 0.3) is 11.8 Å². The monoisotopic (exact) mass is 407 g/mol. The van der Waals surface area contributed by atoms with E-state index in [9.17, 15) is 14.7 Å². The highest BCUT2D eigenvalue weighted by atomic mass is 16.3. The Kier molecular flexibility index (Phi) is 5.65. The van der Waals surface area contributed by atoms with Gasteiger partial charge in [0.05, 0.1) is 5.56 Å². The minimum absolute atomic E-state index is 0.106. The first-order chi connectivity index (χ1) is 14.5. The van der Waals surface area contributed by atoms with E-state index >= 15 is 0 Å². The van der Waals surface area contributed by atoms with Crippen molar-refractivity contribution < 1.29 is 14.7 Å². The van der Waals surface area contributed by atoms with Gasteiger partial charge < -0.3 is 20.3 Å². The highest BCUT2D eigenvalue weighted by molar-refractivity contribution is 6.04. The molecule has 8 nitrogen and oxygen atoms in total. The van der Waals surface area contributed by atoms with Gasteiger partial charge in [0, 0.05) is 37.3 Å². The molecule has 0 saturated heterocycles. The van der Waals surface area contributed by atoms with Gasteiger partial charge in [0.1, 0.15) is 17.1 Å². The molecule has 1 aliphatic heterocycles. The van der Waals surface area contributed by atoms with Gasteiger partial charge in [-0.25, -0.2) is 9.97 Å². The third-order valence-electron chi connectivity index (χ3n) is 5.26. The van der Waals surface area contributed by atoms with Crippen LogP contribution in [-0.2, 0) is 13.0 Å². The van der Waals surface area contributed by atoms with Crippen LogP contribution in [-0.4, -0.2) is 44.5 Å². The van der Waals surface area contributed by atoms with Gasteiger partial charge in [-0.1, -0.05) is 6.42 Å². The van der Waals surface area contributed by atoms with E-state index in [0.29, 0.717) is 29.7 Å². The molecule has 0 atom stereocenters. The van der Waals surface area contributed by atoms with Crippen molar-refractivity contribution in [2.24, 2.45) is 0 Å². The fraction of sp³-hybridized carbons (Fsp3) is 0.364. The topological polar surface area (TPSA) is 109 Å². The zero-order valence-corrected chi connectivity index (χ0v) is 16.9. The lowest BCUT2D eigenvalue weighted by molar-refractivity contribution is 0.0928. The first-order valence-corrected chi connectivity index (χ1v) is 10.2. The molecule has 0 saturated carbocycles. The molecule has 3 heterocycles. The normalized spacial score (nSPS) is 13.5. The van der Waals surface area contributed by atoms with Crippen LogP contribution in [0.5, 0.6) is 5.75 Å². The number of imidazole rings is 1. The van der Waals surface area contributed by atoms with E-state index in [1.807, 2.05) is 6.92 Å². The van der Waals surface area contributed by atoms with Crippen molar-refractivity contribution in [2.45, 2.75) is 39.2 Å². The second kappa shape index (κ2) is 8.52. The summed E-state index contributed by atoms with van der Waals surface area (Å²) in [5.41, 5.74) is 3.16. The average Bonchev–Trinajstić information content (AvgIpc) is 2.92. The highest BCUT2D eigenvalue weighted by Gasteiger charge is 2.20. The van der Waals surface area contributed by atoms with E-state index in [4.69, 9.17) is 4.98 Å². The molecule has 2 amide bonds. The number of aromatic hydroxyl groups is 1. The predicted octanol–water partition coefficient (Wildman–Crippen LogP) is 2.33. The standard InChI is InChI=1S/C22H25N5O3/c1-14-13-17(19-20(25-14)27-12-4-2-3-5-18(27)26-19)22(30)24-11-10-23-21(29)15-6-8-16(28)9-7-15/h6-9,13,28H,2-5,10-12H2,1H3,(H,23,29)(H,24,30). The van der Waals surface area contributed by atoms with Gasteiger partial charge in [-0.3, -0.25) is 9.59 Å². The van der Waals surface area contributed by atoms with E-state index < -0.39 is 0 Å². The summed E-state index contributed by atoms with van der Waals surface area (Å²) >= 11 is 0. The van der Waals surface area contributed by atoms with E-state index in [1.54, 1.807) is 18.2 Å². The number of pyridine rings is 1. The minimum atomic E-state index is -0.260. The van der Waals surface area contributed by atoms with Gasteiger partial charge >= 0.3 is 0 Å². The van der Waals surface area contributed by atoms with E-state index in [-0.39, 0.29) is 17.6 Å². The van der Waals surface area contributed by atoms with Crippen molar-refractivity contribution >= 4 is 23.0 Å². The summed E-state index contributed by atoms with van der Waals surface area (Å²) in [4.78, 5) is 34.3. The van der Waals surface area contributed by atoms with E-state index in [2.05, 4.69) is 20.2 Å². The Bertz CT molecular complexity index is 1090. The first kappa shape index (κ1) is 19.9. The molecule has 1 aliphatic rings. The number of nitrogens with zero attached hydrogens (tertiary/aromatic N) is 3. The number of phenols is 1. The zero-order chi connectivity index (χ0) is 21.1. The summed E-state index contributed by atoms with van der Waals surface area (Å²) in [6, 6.07) is 7.77. The number of nitrogens with one attached hydrogen (secondary N) is 2. The Morgan fingerprint density at radius 2 is 1.77 bits per heavy atom. The van der Waals surface area contributed by atoms with E-state index in [0.717, 1.165) is 43.0 Å². The lowest BCUT2D eigenvalue weighted by Gasteiger charge is -2.09. The second-order valence-corrected chi connectivity index (χ2v) is 7.53. The van der Waals surface area contributed by atoms with Gasteiger partial charge in [0.15, 0.2) is 5.65 Å². The smallest absolute Gasteiger partial charge is 0.253 e. The van der Waals surface area contributed by atoms with Crippen molar-refractivity contribution in [3.8, 4) is 5.75 Å². The maximum Gasteiger partial charge on any atom is 0.253 e. The van der Waals surface area contributed by atoms with Crippen molar-refractivity contribution in [1.29, 1.82) is 0 Å². The van der Waals surface area contributed by atoms with Crippen LogP contribution in [0.4, 0.5) is 0 Å². The summed E-state index contributed by atoms with van der Waals surface area (Å²) in [6.07, 6.45) is 4.28. The predicted molar refractivity (Wildman–Crippen MR) is 113 cm³/mol. The molecule has 0 spiro atoms. The second-order valence-electron chi connectivity index (χ2n) is 7.53. The van der Waals surface area contributed by atoms with Gasteiger partial charge in [-0.2, -0.15) is 0 Å². The summed E-state index contributed by atoms with van der Waals surface area (Å²) in [7, 11) is 0. The van der Waals surface area contributed by atoms with Crippen LogP contribution < -0.4 is 10.6 Å². The van der Waals surface area contributed by atoms with Crippen molar-refractivity contribution in [2.75, 3.05) is 13.1 Å². The number of hydrogen-bond acceptors (Lipinski definition) is 5. The largest absolute Gasteiger partial charge is 0.508 e. The molecular formula is C22H25N5O3. The number of fused-ring (bicyclic) bond motifs is 3. The SMILES string of the molecule is Cc1cc(C(=O)NCCNC(=O)c2ccc(O)cc2)c2nc3n(c2n1)CCCCC3. The fourth-order valence-corrected chi connectivity index (χ4v) is 3.75. The van der Waals surface area contributed by atoms with Crippen LogP contribution in [0.3, 0.4) is 0 Å². The summed E-state index contributed by atoms with van der Waals surface area (Å²) < 4.78 is 2.14. The van der Waals surface area contributed by atoms with E-state index in [1.165, 1.54) is 18.6 Å². The van der Waals surface area contributed by atoms with Crippen LogP contribution >= 0.6 is 0 Å². The molecule has 0 fully saturated rings. The molecule has 2 aromatic heterocycles. The number of benzene rings is 1. The number of amides is 2. The number of carbonyl (C=O) groups is 2. The highest BCUT2D eigenvalue weighted by Crippen LogP contribution is 2.24. The molecule has 0 unspecified atom stereocenters. The summed E-state index contributed by atoms with van der Waals surface area (Å²) in [5, 5.41) is 14.9. The lowest BCUT2D eigenvalue weighted by atomic mass is 10.2.